The van der Waals surface area contributed by atoms with Crippen LogP contribution in [0.1, 0.15) is 72.1 Å². The highest BCUT2D eigenvalue weighted by Crippen LogP contribution is 2.33. The van der Waals surface area contributed by atoms with Gasteiger partial charge in [-0.25, -0.2) is 0 Å². The van der Waals surface area contributed by atoms with E-state index in [1.54, 1.807) is 12.1 Å². The number of carboxylic acids is 1. The highest BCUT2D eigenvalue weighted by atomic mass is 16.5. The summed E-state index contributed by atoms with van der Waals surface area (Å²) < 4.78 is 5.74. The predicted molar refractivity (Wildman–Crippen MR) is 104 cm³/mol. The minimum absolute atomic E-state index is 0.0691. The number of carboxylic acid groups (broad SMARTS) is 1. The second-order valence-electron chi connectivity index (χ2n) is 7.39. The van der Waals surface area contributed by atoms with Crippen LogP contribution in [0.4, 0.5) is 0 Å². The summed E-state index contributed by atoms with van der Waals surface area (Å²) in [7, 11) is 0. The van der Waals surface area contributed by atoms with Gasteiger partial charge in [0.05, 0.1) is 17.7 Å². The average Bonchev–Trinajstić information content (AvgIpc) is 2.95. The van der Waals surface area contributed by atoms with Gasteiger partial charge < -0.3 is 9.84 Å². The lowest BCUT2D eigenvalue weighted by atomic mass is 10.0. The summed E-state index contributed by atoms with van der Waals surface area (Å²) >= 11 is 0. The molecule has 0 spiro atoms. The van der Waals surface area contributed by atoms with E-state index in [0.717, 1.165) is 30.6 Å². The van der Waals surface area contributed by atoms with Gasteiger partial charge in [-0.05, 0) is 31.4 Å². The lowest BCUT2D eigenvalue weighted by molar-refractivity contribution is -0.138. The predicted octanol–water partition coefficient (Wildman–Crippen LogP) is 1.89. The van der Waals surface area contributed by atoms with E-state index < -0.39 is 35.6 Å². The van der Waals surface area contributed by atoms with Gasteiger partial charge in [0.25, 0.3) is 11.8 Å². The van der Waals surface area contributed by atoms with Crippen LogP contribution in [0.15, 0.2) is 18.2 Å². The molecule has 9 nitrogen and oxygen atoms in total. The third-order valence-corrected chi connectivity index (χ3v) is 5.22. The van der Waals surface area contributed by atoms with Gasteiger partial charge in [-0.2, -0.15) is 0 Å². The van der Waals surface area contributed by atoms with Crippen molar-refractivity contribution < 1.29 is 33.8 Å². The summed E-state index contributed by atoms with van der Waals surface area (Å²) in [6.07, 6.45) is 4.32. The van der Waals surface area contributed by atoms with Gasteiger partial charge in [0, 0.05) is 12.8 Å². The zero-order chi connectivity index (χ0) is 21.7. The first-order valence-corrected chi connectivity index (χ1v) is 10.1. The Morgan fingerprint density at radius 1 is 1.07 bits per heavy atom. The Bertz CT molecular complexity index is 880. The van der Waals surface area contributed by atoms with Crippen LogP contribution in [0.5, 0.6) is 5.75 Å². The summed E-state index contributed by atoms with van der Waals surface area (Å²) in [5.41, 5.74) is 0.338. The van der Waals surface area contributed by atoms with E-state index in [-0.39, 0.29) is 30.4 Å². The zero-order valence-electron chi connectivity index (χ0n) is 16.5. The smallest absolute Gasteiger partial charge is 0.303 e. The third-order valence-electron chi connectivity index (χ3n) is 5.22. The number of unbranched alkanes of at least 4 members (excludes halogenated alkanes) is 4. The number of benzene rings is 1. The largest absolute Gasteiger partial charge is 0.493 e. The van der Waals surface area contributed by atoms with Crippen molar-refractivity contribution >= 4 is 29.6 Å². The molecule has 2 aliphatic heterocycles. The molecule has 1 unspecified atom stereocenters. The number of amides is 4. The molecule has 1 atom stereocenters. The molecule has 1 fully saturated rings. The van der Waals surface area contributed by atoms with Crippen LogP contribution in [0.2, 0.25) is 0 Å². The zero-order valence-corrected chi connectivity index (χ0v) is 16.5. The molecule has 0 bridgehead atoms. The molecule has 2 N–H and O–H groups in total. The van der Waals surface area contributed by atoms with Crippen molar-refractivity contribution in [3.8, 4) is 5.75 Å². The van der Waals surface area contributed by atoms with Crippen molar-refractivity contribution in [1.29, 1.82) is 0 Å². The number of carbonyl (C=O) groups excluding carboxylic acids is 4. The topological polar surface area (TPSA) is 130 Å². The number of aliphatic carboxylic acids is 1. The molecular formula is C21H24N2O7. The quantitative estimate of drug-likeness (QED) is 0.440. The highest BCUT2D eigenvalue weighted by molar-refractivity contribution is 6.24. The lowest BCUT2D eigenvalue weighted by Gasteiger charge is -2.27. The summed E-state index contributed by atoms with van der Waals surface area (Å²) in [5, 5.41) is 10.8. The third kappa shape index (κ3) is 4.67. The van der Waals surface area contributed by atoms with Crippen LogP contribution in [-0.2, 0) is 14.4 Å². The van der Waals surface area contributed by atoms with Crippen LogP contribution in [0.3, 0.4) is 0 Å². The van der Waals surface area contributed by atoms with Crippen molar-refractivity contribution in [2.75, 3.05) is 6.61 Å². The minimum Gasteiger partial charge on any atom is -0.493 e. The Kier molecular flexibility index (Phi) is 6.81. The Balaban J connectivity index is 1.58. The Hall–Kier alpha value is -3.23. The highest BCUT2D eigenvalue weighted by Gasteiger charge is 2.45. The van der Waals surface area contributed by atoms with E-state index in [1.807, 2.05) is 0 Å². The first kappa shape index (κ1) is 21.5. The summed E-state index contributed by atoms with van der Waals surface area (Å²) in [6.45, 7) is 0.356. The maximum absolute atomic E-state index is 12.9. The second-order valence-corrected chi connectivity index (χ2v) is 7.39. The number of hydrogen-bond donors (Lipinski definition) is 2. The molecule has 2 heterocycles. The fourth-order valence-electron chi connectivity index (χ4n) is 3.69. The number of fused-ring (bicyclic) bond motifs is 1. The van der Waals surface area contributed by atoms with E-state index >= 15 is 0 Å². The number of carbonyl (C=O) groups is 5. The standard InChI is InChI=1S/C21H24N2O7/c24-16-11-10-14(19(27)22-16)23-20(28)13-7-6-8-15(18(13)21(23)29)30-12-5-3-1-2-4-9-17(25)26/h6-8,14H,1-5,9-12H2,(H,25,26)(H,22,24,27). The van der Waals surface area contributed by atoms with Gasteiger partial charge in [-0.15, -0.1) is 0 Å². The van der Waals surface area contributed by atoms with Crippen molar-refractivity contribution in [2.45, 2.75) is 57.4 Å². The number of nitrogens with zero attached hydrogens (tertiary/aromatic N) is 1. The summed E-state index contributed by atoms with van der Waals surface area (Å²) in [4.78, 5) is 60.6. The van der Waals surface area contributed by atoms with Gasteiger partial charge in [-0.1, -0.05) is 25.3 Å². The monoisotopic (exact) mass is 416 g/mol. The molecule has 160 valence electrons. The molecule has 1 aromatic rings. The van der Waals surface area contributed by atoms with Crippen LogP contribution < -0.4 is 10.1 Å². The van der Waals surface area contributed by atoms with Crippen LogP contribution >= 0.6 is 0 Å². The molecule has 1 aromatic carbocycles. The number of ether oxygens (including phenoxy) is 1. The van der Waals surface area contributed by atoms with E-state index in [1.165, 1.54) is 6.07 Å². The number of piperidine rings is 1. The molecule has 0 saturated carbocycles. The molecule has 2 aliphatic rings. The normalized spacial score (nSPS) is 18.4. The van der Waals surface area contributed by atoms with Crippen LogP contribution in [0.25, 0.3) is 0 Å². The first-order valence-electron chi connectivity index (χ1n) is 10.1. The molecule has 4 amide bonds. The van der Waals surface area contributed by atoms with Crippen LogP contribution in [-0.4, -0.2) is 52.3 Å². The number of imide groups is 2. The fraction of sp³-hybridized carbons (Fsp3) is 0.476. The lowest BCUT2D eigenvalue weighted by Crippen LogP contribution is -2.54. The van der Waals surface area contributed by atoms with Crippen LogP contribution in [0, 0.1) is 0 Å². The number of nitrogens with one attached hydrogen (secondary N) is 1. The van der Waals surface area contributed by atoms with Gasteiger partial charge in [-0.3, -0.25) is 34.2 Å². The molecule has 1 saturated heterocycles. The van der Waals surface area contributed by atoms with Gasteiger partial charge in [0.1, 0.15) is 11.8 Å². The molecule has 30 heavy (non-hydrogen) atoms. The number of hydrogen-bond acceptors (Lipinski definition) is 6. The molecule has 9 heteroatoms. The van der Waals surface area contributed by atoms with E-state index in [4.69, 9.17) is 9.84 Å². The second kappa shape index (κ2) is 9.51. The fourth-order valence-corrected chi connectivity index (χ4v) is 3.69. The molecule has 3 rings (SSSR count). The SMILES string of the molecule is O=C(O)CCCCCCCOc1cccc2c1C(=O)N(C1CCC(=O)NC1=O)C2=O. The van der Waals surface area contributed by atoms with Gasteiger partial charge in [0.15, 0.2) is 0 Å². The first-order chi connectivity index (χ1) is 14.4. The van der Waals surface area contributed by atoms with Gasteiger partial charge in [0.2, 0.25) is 11.8 Å². The average molecular weight is 416 g/mol. The van der Waals surface area contributed by atoms with Crippen molar-refractivity contribution in [3.05, 3.63) is 29.3 Å². The van der Waals surface area contributed by atoms with Crippen molar-refractivity contribution in [3.63, 3.8) is 0 Å². The van der Waals surface area contributed by atoms with E-state index in [0.29, 0.717) is 18.8 Å². The maximum Gasteiger partial charge on any atom is 0.303 e. The maximum atomic E-state index is 12.9. The van der Waals surface area contributed by atoms with Gasteiger partial charge >= 0.3 is 5.97 Å². The van der Waals surface area contributed by atoms with E-state index in [9.17, 15) is 24.0 Å². The Labute approximate surface area is 173 Å². The molecule has 0 aromatic heterocycles. The molecule has 0 aliphatic carbocycles. The molecule has 0 radical (unpaired) electrons. The number of rotatable bonds is 10. The molecular weight excluding hydrogens is 392 g/mol. The summed E-state index contributed by atoms with van der Waals surface area (Å²) in [5.74, 6) is -2.71. The minimum atomic E-state index is -1.01. The Morgan fingerprint density at radius 2 is 1.80 bits per heavy atom. The van der Waals surface area contributed by atoms with E-state index in [2.05, 4.69) is 5.32 Å². The van der Waals surface area contributed by atoms with Crippen molar-refractivity contribution in [2.24, 2.45) is 0 Å². The Morgan fingerprint density at radius 3 is 2.53 bits per heavy atom. The summed E-state index contributed by atoms with van der Waals surface area (Å²) in [6, 6.07) is 3.76. The van der Waals surface area contributed by atoms with Crippen molar-refractivity contribution in [1.82, 2.24) is 10.2 Å².